The van der Waals surface area contributed by atoms with Crippen molar-refractivity contribution in [3.63, 3.8) is 0 Å². The van der Waals surface area contributed by atoms with Gasteiger partial charge in [-0.2, -0.15) is 0 Å². The van der Waals surface area contributed by atoms with E-state index < -0.39 is 0 Å². The SMILES string of the molecule is Cc1ccc(Cl)c2nc3c(c(N)c12)CCCC3. The molecule has 0 radical (unpaired) electrons. The molecule has 88 valence electrons. The quantitative estimate of drug-likeness (QED) is 0.771. The number of nitrogens with two attached hydrogens (primary N) is 1. The number of aryl methyl sites for hydroxylation is 2. The van der Waals surface area contributed by atoms with Gasteiger partial charge in [0.05, 0.1) is 10.5 Å². The first kappa shape index (κ1) is 10.8. The van der Waals surface area contributed by atoms with Crippen LogP contribution in [0.4, 0.5) is 5.69 Å². The third-order valence-corrected chi connectivity index (χ3v) is 3.92. The van der Waals surface area contributed by atoms with Crippen molar-refractivity contribution in [2.75, 3.05) is 5.73 Å². The second-order valence-electron chi connectivity index (χ2n) is 4.75. The molecule has 0 saturated heterocycles. The molecule has 0 aliphatic heterocycles. The summed E-state index contributed by atoms with van der Waals surface area (Å²) in [5, 5.41) is 1.74. The van der Waals surface area contributed by atoms with Gasteiger partial charge in [-0.05, 0) is 49.8 Å². The number of benzene rings is 1. The van der Waals surface area contributed by atoms with E-state index in [-0.39, 0.29) is 0 Å². The van der Waals surface area contributed by atoms with Gasteiger partial charge in [-0.25, -0.2) is 0 Å². The molecule has 0 atom stereocenters. The Labute approximate surface area is 106 Å². The predicted octanol–water partition coefficient (Wildman–Crippen LogP) is 3.66. The van der Waals surface area contributed by atoms with Crippen LogP contribution in [0.1, 0.15) is 29.7 Å². The molecule has 3 heteroatoms. The highest BCUT2D eigenvalue weighted by Crippen LogP contribution is 2.35. The average Bonchev–Trinajstić information content (AvgIpc) is 2.34. The van der Waals surface area contributed by atoms with Crippen LogP contribution in [0, 0.1) is 6.92 Å². The van der Waals surface area contributed by atoms with E-state index in [0.717, 1.165) is 40.7 Å². The fourth-order valence-electron chi connectivity index (χ4n) is 2.70. The van der Waals surface area contributed by atoms with Crippen molar-refractivity contribution in [1.82, 2.24) is 4.98 Å². The molecule has 1 aromatic carbocycles. The summed E-state index contributed by atoms with van der Waals surface area (Å²) in [6.07, 6.45) is 4.49. The molecule has 2 aromatic rings. The molecule has 0 amide bonds. The van der Waals surface area contributed by atoms with E-state index in [0.29, 0.717) is 5.02 Å². The first-order chi connectivity index (χ1) is 8.18. The Bertz CT molecular complexity index is 605. The molecule has 3 rings (SSSR count). The summed E-state index contributed by atoms with van der Waals surface area (Å²) >= 11 is 6.23. The molecule has 1 aliphatic rings. The maximum absolute atomic E-state index is 6.31. The minimum Gasteiger partial charge on any atom is -0.398 e. The van der Waals surface area contributed by atoms with Crippen LogP contribution in [-0.4, -0.2) is 4.98 Å². The smallest absolute Gasteiger partial charge is 0.0915 e. The normalized spacial score (nSPS) is 14.9. The molecule has 1 heterocycles. The summed E-state index contributed by atoms with van der Waals surface area (Å²) < 4.78 is 0. The lowest BCUT2D eigenvalue weighted by molar-refractivity contribution is 0.673. The molecule has 2 nitrogen and oxygen atoms in total. The number of rotatable bonds is 0. The summed E-state index contributed by atoms with van der Waals surface area (Å²) in [4.78, 5) is 4.72. The number of pyridine rings is 1. The van der Waals surface area contributed by atoms with Crippen LogP contribution in [-0.2, 0) is 12.8 Å². The zero-order chi connectivity index (χ0) is 12.0. The van der Waals surface area contributed by atoms with Gasteiger partial charge in [0.25, 0.3) is 0 Å². The van der Waals surface area contributed by atoms with Crippen molar-refractivity contribution in [2.24, 2.45) is 0 Å². The molecule has 1 aliphatic carbocycles. The fourth-order valence-corrected chi connectivity index (χ4v) is 2.90. The zero-order valence-corrected chi connectivity index (χ0v) is 10.6. The first-order valence-corrected chi connectivity index (χ1v) is 6.42. The van der Waals surface area contributed by atoms with Crippen molar-refractivity contribution in [2.45, 2.75) is 32.6 Å². The number of aromatic nitrogens is 1. The molecular weight excluding hydrogens is 232 g/mol. The third kappa shape index (κ3) is 1.59. The maximum atomic E-state index is 6.31. The van der Waals surface area contributed by atoms with Crippen LogP contribution < -0.4 is 5.73 Å². The Morgan fingerprint density at radius 1 is 1.24 bits per heavy atom. The summed E-state index contributed by atoms with van der Waals surface area (Å²) in [5.74, 6) is 0. The van der Waals surface area contributed by atoms with E-state index in [9.17, 15) is 0 Å². The van der Waals surface area contributed by atoms with Gasteiger partial charge in [-0.1, -0.05) is 17.7 Å². The molecule has 17 heavy (non-hydrogen) atoms. The van der Waals surface area contributed by atoms with Crippen LogP contribution in [0.5, 0.6) is 0 Å². The highest BCUT2D eigenvalue weighted by molar-refractivity contribution is 6.35. The Balaban J connectivity index is 2.44. The molecule has 0 bridgehead atoms. The second kappa shape index (κ2) is 3.88. The van der Waals surface area contributed by atoms with Crippen molar-refractivity contribution >= 4 is 28.2 Å². The van der Waals surface area contributed by atoms with Gasteiger partial charge in [-0.3, -0.25) is 4.98 Å². The minimum absolute atomic E-state index is 0.700. The monoisotopic (exact) mass is 246 g/mol. The first-order valence-electron chi connectivity index (χ1n) is 6.04. The van der Waals surface area contributed by atoms with Gasteiger partial charge in [0.1, 0.15) is 0 Å². The number of halogens is 1. The van der Waals surface area contributed by atoms with Crippen LogP contribution >= 0.6 is 11.6 Å². The summed E-state index contributed by atoms with van der Waals surface area (Å²) in [7, 11) is 0. The molecule has 2 N–H and O–H groups in total. The van der Waals surface area contributed by atoms with Gasteiger partial charge in [0.2, 0.25) is 0 Å². The van der Waals surface area contributed by atoms with E-state index in [2.05, 4.69) is 6.92 Å². The van der Waals surface area contributed by atoms with Gasteiger partial charge >= 0.3 is 0 Å². The zero-order valence-electron chi connectivity index (χ0n) is 9.89. The van der Waals surface area contributed by atoms with E-state index in [1.807, 2.05) is 12.1 Å². The maximum Gasteiger partial charge on any atom is 0.0915 e. The van der Waals surface area contributed by atoms with Crippen LogP contribution in [0.25, 0.3) is 10.9 Å². The predicted molar refractivity (Wildman–Crippen MR) is 72.5 cm³/mol. The number of fused-ring (bicyclic) bond motifs is 2. The topological polar surface area (TPSA) is 38.9 Å². The van der Waals surface area contributed by atoms with E-state index in [1.54, 1.807) is 0 Å². The van der Waals surface area contributed by atoms with E-state index >= 15 is 0 Å². The third-order valence-electron chi connectivity index (χ3n) is 3.62. The molecular formula is C14H15ClN2. The lowest BCUT2D eigenvalue weighted by Crippen LogP contribution is -2.10. The van der Waals surface area contributed by atoms with E-state index in [1.165, 1.54) is 18.4 Å². The van der Waals surface area contributed by atoms with Crippen molar-refractivity contribution in [3.8, 4) is 0 Å². The summed E-state index contributed by atoms with van der Waals surface area (Å²) in [5.41, 5.74) is 11.6. The van der Waals surface area contributed by atoms with Crippen LogP contribution in [0.3, 0.4) is 0 Å². The van der Waals surface area contributed by atoms with Crippen LogP contribution in [0.2, 0.25) is 5.02 Å². The van der Waals surface area contributed by atoms with Gasteiger partial charge in [0.15, 0.2) is 0 Å². The standard InChI is InChI=1S/C14H15ClN2/c1-8-6-7-10(15)14-12(8)13(16)9-4-2-3-5-11(9)17-14/h6-7H,2-5H2,1H3,(H2,16,17). The second-order valence-corrected chi connectivity index (χ2v) is 5.15. The average molecular weight is 247 g/mol. The Morgan fingerprint density at radius 2 is 2.00 bits per heavy atom. The fraction of sp³-hybridized carbons (Fsp3) is 0.357. The number of nitrogen functional groups attached to an aromatic ring is 1. The van der Waals surface area contributed by atoms with Crippen molar-refractivity contribution < 1.29 is 0 Å². The number of hydrogen-bond donors (Lipinski definition) is 1. The Hall–Kier alpha value is -1.28. The van der Waals surface area contributed by atoms with Gasteiger partial charge < -0.3 is 5.73 Å². The molecule has 1 aromatic heterocycles. The number of hydrogen-bond acceptors (Lipinski definition) is 2. The summed E-state index contributed by atoms with van der Waals surface area (Å²) in [6.45, 7) is 2.06. The highest BCUT2D eigenvalue weighted by Gasteiger charge is 2.18. The number of nitrogens with zero attached hydrogens (tertiary/aromatic N) is 1. The lowest BCUT2D eigenvalue weighted by Gasteiger charge is -2.19. The Morgan fingerprint density at radius 3 is 2.82 bits per heavy atom. The minimum atomic E-state index is 0.700. The highest BCUT2D eigenvalue weighted by atomic mass is 35.5. The van der Waals surface area contributed by atoms with Gasteiger partial charge in [-0.15, -0.1) is 0 Å². The molecule has 0 saturated carbocycles. The van der Waals surface area contributed by atoms with Crippen molar-refractivity contribution in [3.05, 3.63) is 34.0 Å². The van der Waals surface area contributed by atoms with Crippen LogP contribution in [0.15, 0.2) is 12.1 Å². The molecule has 0 fully saturated rings. The lowest BCUT2D eigenvalue weighted by atomic mass is 9.92. The van der Waals surface area contributed by atoms with Gasteiger partial charge in [0, 0.05) is 16.8 Å². The largest absolute Gasteiger partial charge is 0.398 e. The van der Waals surface area contributed by atoms with E-state index in [4.69, 9.17) is 22.3 Å². The summed E-state index contributed by atoms with van der Waals surface area (Å²) in [6, 6.07) is 3.92. The molecule has 0 unspecified atom stereocenters. The Kier molecular flexibility index (Phi) is 2.48. The van der Waals surface area contributed by atoms with Crippen molar-refractivity contribution in [1.29, 1.82) is 0 Å². The molecule has 0 spiro atoms. The number of anilines is 1.